The SMILES string of the molecule is C/C=c1/snc(NCCNC(=O)[C@@H](NC(=O)C(F)(F)F)c2ccccc2)/c1=C/CC. The van der Waals surface area contributed by atoms with Crippen LogP contribution in [0.25, 0.3) is 12.2 Å². The molecule has 0 fully saturated rings. The molecule has 162 valence electrons. The van der Waals surface area contributed by atoms with Crippen molar-refractivity contribution in [1.82, 2.24) is 15.0 Å². The summed E-state index contributed by atoms with van der Waals surface area (Å²) in [6.45, 7) is 4.39. The van der Waals surface area contributed by atoms with Gasteiger partial charge in [0.15, 0.2) is 0 Å². The Bertz CT molecular complexity index is 974. The van der Waals surface area contributed by atoms with Crippen molar-refractivity contribution in [1.29, 1.82) is 0 Å². The molecule has 0 spiro atoms. The van der Waals surface area contributed by atoms with E-state index in [0.717, 1.165) is 16.2 Å². The van der Waals surface area contributed by atoms with Crippen LogP contribution < -0.4 is 25.7 Å². The van der Waals surface area contributed by atoms with E-state index in [1.165, 1.54) is 23.7 Å². The third-order valence-corrected chi connectivity index (χ3v) is 5.00. The number of carbonyl (C=O) groups excluding carboxylic acids is 2. The highest BCUT2D eigenvalue weighted by Crippen LogP contribution is 2.19. The Morgan fingerprint density at radius 1 is 1.20 bits per heavy atom. The van der Waals surface area contributed by atoms with Gasteiger partial charge in [-0.15, -0.1) is 0 Å². The van der Waals surface area contributed by atoms with Crippen LogP contribution >= 0.6 is 11.5 Å². The van der Waals surface area contributed by atoms with Crippen molar-refractivity contribution in [3.63, 3.8) is 0 Å². The van der Waals surface area contributed by atoms with Crippen molar-refractivity contribution in [3.05, 3.63) is 45.6 Å². The van der Waals surface area contributed by atoms with Gasteiger partial charge < -0.3 is 16.0 Å². The summed E-state index contributed by atoms with van der Waals surface area (Å²) in [7, 11) is 0. The molecule has 2 rings (SSSR count). The lowest BCUT2D eigenvalue weighted by molar-refractivity contribution is -0.174. The normalized spacial score (nSPS) is 13.8. The first-order valence-electron chi connectivity index (χ1n) is 9.34. The van der Waals surface area contributed by atoms with E-state index in [9.17, 15) is 22.8 Å². The Balaban J connectivity index is 2.02. The molecule has 30 heavy (non-hydrogen) atoms. The van der Waals surface area contributed by atoms with Gasteiger partial charge in [-0.2, -0.15) is 17.5 Å². The number of benzene rings is 1. The monoisotopic (exact) mass is 440 g/mol. The van der Waals surface area contributed by atoms with Crippen LogP contribution in [0.15, 0.2) is 30.3 Å². The molecule has 3 N–H and O–H groups in total. The van der Waals surface area contributed by atoms with Gasteiger partial charge >= 0.3 is 12.1 Å². The molecule has 1 aromatic heterocycles. The Morgan fingerprint density at radius 3 is 2.50 bits per heavy atom. The summed E-state index contributed by atoms with van der Waals surface area (Å²) in [6, 6.07) is 6.31. The lowest BCUT2D eigenvalue weighted by Crippen LogP contribution is -2.46. The molecule has 6 nitrogen and oxygen atoms in total. The van der Waals surface area contributed by atoms with E-state index >= 15 is 0 Å². The van der Waals surface area contributed by atoms with Crippen molar-refractivity contribution in [2.45, 2.75) is 32.5 Å². The molecule has 0 radical (unpaired) electrons. The molecule has 2 aromatic rings. The van der Waals surface area contributed by atoms with Gasteiger partial charge in [0.05, 0.1) is 4.53 Å². The van der Waals surface area contributed by atoms with E-state index in [-0.39, 0.29) is 12.1 Å². The van der Waals surface area contributed by atoms with Crippen LogP contribution in [0, 0.1) is 0 Å². The summed E-state index contributed by atoms with van der Waals surface area (Å²) < 4.78 is 43.3. The summed E-state index contributed by atoms with van der Waals surface area (Å²) in [5.41, 5.74) is 0.253. The minimum Gasteiger partial charge on any atom is -0.367 e. The minimum absolute atomic E-state index is 0.137. The number of nitrogens with zero attached hydrogens (tertiary/aromatic N) is 1. The van der Waals surface area contributed by atoms with E-state index < -0.39 is 24.0 Å². The van der Waals surface area contributed by atoms with Gasteiger partial charge in [-0.1, -0.05) is 49.4 Å². The number of nitrogens with one attached hydrogen (secondary N) is 3. The van der Waals surface area contributed by atoms with Gasteiger partial charge in [0.2, 0.25) is 5.91 Å². The fraction of sp³-hybridized carbons (Fsp3) is 0.350. The highest BCUT2D eigenvalue weighted by molar-refractivity contribution is 7.03. The molecule has 1 atom stereocenters. The molecule has 0 aliphatic heterocycles. The van der Waals surface area contributed by atoms with Crippen LogP contribution in [0.1, 0.15) is 31.9 Å². The Kier molecular flexibility index (Phi) is 8.40. The van der Waals surface area contributed by atoms with Crippen LogP contribution in [0.3, 0.4) is 0 Å². The molecule has 2 amide bonds. The van der Waals surface area contributed by atoms with Crippen LogP contribution in [0.4, 0.5) is 19.0 Å². The lowest BCUT2D eigenvalue weighted by atomic mass is 10.1. The van der Waals surface area contributed by atoms with Crippen molar-refractivity contribution in [3.8, 4) is 0 Å². The van der Waals surface area contributed by atoms with E-state index in [4.69, 9.17) is 0 Å². The standard InChI is InChI=1S/C20H23F3N4O2S/c1-3-8-14-15(4-2)30-27-17(14)24-11-12-25-18(28)16(13-9-6-5-7-10-13)26-19(29)20(21,22)23/h4-10,16H,3,11-12H2,1-2H3,(H,24,27)(H,25,28)(H,26,29)/b14-8+,15-4+/t16-/m0/s1. The van der Waals surface area contributed by atoms with E-state index in [1.54, 1.807) is 23.5 Å². The average molecular weight is 440 g/mol. The summed E-state index contributed by atoms with van der Waals surface area (Å²) in [5, 5.41) is 8.41. The maximum Gasteiger partial charge on any atom is 0.471 e. The molecule has 0 saturated heterocycles. The number of aromatic nitrogens is 1. The highest BCUT2D eigenvalue weighted by atomic mass is 32.1. The number of hydrogen-bond acceptors (Lipinski definition) is 5. The van der Waals surface area contributed by atoms with Gasteiger partial charge in [-0.25, -0.2) is 0 Å². The van der Waals surface area contributed by atoms with E-state index in [0.29, 0.717) is 12.4 Å². The van der Waals surface area contributed by atoms with Crippen molar-refractivity contribution in [2.75, 3.05) is 18.4 Å². The number of amides is 2. The summed E-state index contributed by atoms with van der Waals surface area (Å²) in [6.07, 6.45) is -0.250. The van der Waals surface area contributed by atoms with Gasteiger partial charge in [0, 0.05) is 18.3 Å². The molecule has 10 heteroatoms. The van der Waals surface area contributed by atoms with Crippen LogP contribution in [-0.4, -0.2) is 35.5 Å². The van der Waals surface area contributed by atoms with Crippen molar-refractivity contribution in [2.24, 2.45) is 0 Å². The van der Waals surface area contributed by atoms with E-state index in [2.05, 4.69) is 15.0 Å². The van der Waals surface area contributed by atoms with Gasteiger partial charge in [0.25, 0.3) is 0 Å². The second-order valence-electron chi connectivity index (χ2n) is 6.24. The quantitative estimate of drug-likeness (QED) is 0.549. The third-order valence-electron chi connectivity index (χ3n) is 4.07. The topological polar surface area (TPSA) is 83.1 Å². The molecule has 0 aliphatic rings. The van der Waals surface area contributed by atoms with Crippen LogP contribution in [0.5, 0.6) is 0 Å². The van der Waals surface area contributed by atoms with Crippen LogP contribution in [0.2, 0.25) is 0 Å². The number of alkyl halides is 3. The van der Waals surface area contributed by atoms with Crippen molar-refractivity contribution < 1.29 is 22.8 Å². The summed E-state index contributed by atoms with van der Waals surface area (Å²) in [5.74, 6) is -2.22. The second kappa shape index (κ2) is 10.8. The average Bonchev–Trinajstić information content (AvgIpc) is 3.11. The fourth-order valence-electron chi connectivity index (χ4n) is 2.67. The van der Waals surface area contributed by atoms with Gasteiger partial charge in [-0.05, 0) is 30.4 Å². The Labute approximate surface area is 176 Å². The minimum atomic E-state index is -5.08. The second-order valence-corrected chi connectivity index (χ2v) is 7.05. The molecular formula is C20H23F3N4O2S. The van der Waals surface area contributed by atoms with Gasteiger partial charge in [-0.3, -0.25) is 9.59 Å². The zero-order valence-corrected chi connectivity index (χ0v) is 17.4. The third kappa shape index (κ3) is 6.31. The molecule has 0 bridgehead atoms. The van der Waals surface area contributed by atoms with Crippen molar-refractivity contribution >= 4 is 41.3 Å². The molecular weight excluding hydrogens is 417 g/mol. The Morgan fingerprint density at radius 2 is 1.90 bits per heavy atom. The first-order valence-corrected chi connectivity index (χ1v) is 10.1. The highest BCUT2D eigenvalue weighted by Gasteiger charge is 2.41. The smallest absolute Gasteiger partial charge is 0.367 e. The summed E-state index contributed by atoms with van der Waals surface area (Å²) >= 11 is 1.35. The number of anilines is 1. The maximum absolute atomic E-state index is 12.6. The maximum atomic E-state index is 12.6. The predicted octanol–water partition coefficient (Wildman–Crippen LogP) is 2.08. The van der Waals surface area contributed by atoms with Crippen LogP contribution in [-0.2, 0) is 9.59 Å². The first kappa shape index (κ1) is 23.4. The zero-order chi connectivity index (χ0) is 22.1. The fourth-order valence-corrected chi connectivity index (χ4v) is 3.41. The zero-order valence-electron chi connectivity index (χ0n) is 16.5. The number of carbonyl (C=O) groups is 2. The molecule has 0 unspecified atom stereocenters. The lowest BCUT2D eigenvalue weighted by Gasteiger charge is -2.19. The Hall–Kier alpha value is -2.88. The first-order chi connectivity index (χ1) is 14.3. The number of rotatable bonds is 8. The number of halogens is 3. The van der Waals surface area contributed by atoms with Gasteiger partial charge in [0.1, 0.15) is 11.9 Å². The summed E-state index contributed by atoms with van der Waals surface area (Å²) in [4.78, 5) is 23.8. The predicted molar refractivity (Wildman–Crippen MR) is 111 cm³/mol. The molecule has 0 aliphatic carbocycles. The van der Waals surface area contributed by atoms with E-state index in [1.807, 2.05) is 26.0 Å². The molecule has 1 aromatic carbocycles. The molecule has 0 saturated carbocycles. The number of hydrogen-bond donors (Lipinski definition) is 3. The molecule has 1 heterocycles. The largest absolute Gasteiger partial charge is 0.471 e.